The number of rotatable bonds is 8. The molecule has 1 rings (SSSR count). The fraction of sp³-hybridized carbons (Fsp3) is 0.533. The summed E-state index contributed by atoms with van der Waals surface area (Å²) in [6, 6.07) is 5.71. The molecule has 0 unspecified atom stereocenters. The monoisotopic (exact) mass is 330 g/mol. The Morgan fingerprint density at radius 3 is 2.38 bits per heavy atom. The van der Waals surface area contributed by atoms with Crippen molar-refractivity contribution in [1.29, 1.82) is 0 Å². The van der Waals surface area contributed by atoms with Gasteiger partial charge in [-0.3, -0.25) is 4.99 Å². The Morgan fingerprint density at radius 2 is 1.86 bits per heavy atom. The first kappa shape index (κ1) is 18.1. The molecule has 0 fully saturated rings. The fourth-order valence-corrected chi connectivity index (χ4v) is 2.53. The average Bonchev–Trinajstić information content (AvgIpc) is 2.46. The molecule has 1 atom stereocenters. The van der Waals surface area contributed by atoms with E-state index in [9.17, 15) is 0 Å². The van der Waals surface area contributed by atoms with Gasteiger partial charge in [0.1, 0.15) is 0 Å². The van der Waals surface area contributed by atoms with Gasteiger partial charge in [0, 0.05) is 12.5 Å². The molecule has 1 aromatic carbocycles. The summed E-state index contributed by atoms with van der Waals surface area (Å²) in [5.41, 5.74) is 12.0. The Morgan fingerprint density at radius 1 is 1.19 bits per heavy atom. The van der Waals surface area contributed by atoms with E-state index >= 15 is 0 Å². The molecule has 0 amide bonds. The first-order chi connectivity index (χ1) is 9.97. The predicted octanol–water partition coefficient (Wildman–Crippen LogP) is 3.08. The van der Waals surface area contributed by atoms with Crippen molar-refractivity contribution >= 4 is 29.2 Å². The van der Waals surface area contributed by atoms with Crippen LogP contribution in [0.25, 0.3) is 0 Å². The van der Waals surface area contributed by atoms with Gasteiger partial charge in [-0.25, -0.2) is 0 Å². The maximum Gasteiger partial charge on any atom is 0.185 e. The molecule has 0 aliphatic heterocycles. The van der Waals surface area contributed by atoms with Crippen LogP contribution in [0.1, 0.15) is 31.7 Å². The highest BCUT2D eigenvalue weighted by molar-refractivity contribution is 6.42. The summed E-state index contributed by atoms with van der Waals surface area (Å²) in [5, 5.41) is 1.12. The van der Waals surface area contributed by atoms with Crippen LogP contribution >= 0.6 is 23.2 Å². The topological polar surface area (TPSA) is 67.6 Å². The van der Waals surface area contributed by atoms with E-state index in [0.717, 1.165) is 31.6 Å². The molecule has 0 aliphatic rings. The molecule has 0 heterocycles. The van der Waals surface area contributed by atoms with Crippen LogP contribution in [-0.4, -0.2) is 37.0 Å². The quantitative estimate of drug-likeness (QED) is 0.568. The van der Waals surface area contributed by atoms with Crippen molar-refractivity contribution in [3.8, 4) is 0 Å². The molecule has 21 heavy (non-hydrogen) atoms. The van der Waals surface area contributed by atoms with E-state index in [1.165, 1.54) is 0 Å². The van der Waals surface area contributed by atoms with Gasteiger partial charge in [-0.2, -0.15) is 0 Å². The third-order valence-electron chi connectivity index (χ3n) is 3.60. The van der Waals surface area contributed by atoms with Crippen molar-refractivity contribution in [3.63, 3.8) is 0 Å². The molecule has 6 heteroatoms. The summed E-state index contributed by atoms with van der Waals surface area (Å²) in [6.07, 6.45) is 0.969. The van der Waals surface area contributed by atoms with Crippen LogP contribution in [-0.2, 0) is 0 Å². The lowest BCUT2D eigenvalue weighted by atomic mass is 9.95. The van der Waals surface area contributed by atoms with Crippen LogP contribution < -0.4 is 11.5 Å². The van der Waals surface area contributed by atoms with Gasteiger partial charge in [-0.15, -0.1) is 0 Å². The summed E-state index contributed by atoms with van der Waals surface area (Å²) < 4.78 is 0. The van der Waals surface area contributed by atoms with E-state index in [0.29, 0.717) is 16.6 Å². The Kier molecular flexibility index (Phi) is 7.86. The van der Waals surface area contributed by atoms with Gasteiger partial charge in [0.25, 0.3) is 0 Å². The van der Waals surface area contributed by atoms with E-state index in [1.807, 2.05) is 18.2 Å². The zero-order valence-corrected chi connectivity index (χ0v) is 14.2. The number of aliphatic imine (C=N–C) groups is 1. The maximum atomic E-state index is 6.11. The van der Waals surface area contributed by atoms with Crippen molar-refractivity contribution in [1.82, 2.24) is 4.90 Å². The molecular weight excluding hydrogens is 307 g/mol. The summed E-state index contributed by atoms with van der Waals surface area (Å²) in [4.78, 5) is 6.54. The van der Waals surface area contributed by atoms with Gasteiger partial charge >= 0.3 is 0 Å². The lowest BCUT2D eigenvalue weighted by molar-refractivity contribution is 0.291. The number of hydrogen-bond acceptors (Lipinski definition) is 2. The fourth-order valence-electron chi connectivity index (χ4n) is 2.22. The largest absolute Gasteiger partial charge is 0.370 e. The molecular formula is C15H24Cl2N4. The van der Waals surface area contributed by atoms with Crippen LogP contribution in [0.4, 0.5) is 0 Å². The molecule has 0 aromatic heterocycles. The Labute approximate surface area is 137 Å². The number of benzene rings is 1. The van der Waals surface area contributed by atoms with Crippen LogP contribution in [0.5, 0.6) is 0 Å². The lowest BCUT2D eigenvalue weighted by Crippen LogP contribution is -2.27. The zero-order valence-electron chi connectivity index (χ0n) is 12.6. The van der Waals surface area contributed by atoms with Gasteiger partial charge in [0.05, 0.1) is 10.0 Å². The molecule has 4 nitrogen and oxygen atoms in total. The van der Waals surface area contributed by atoms with Crippen molar-refractivity contribution in [2.24, 2.45) is 16.5 Å². The highest BCUT2D eigenvalue weighted by Crippen LogP contribution is 2.28. The van der Waals surface area contributed by atoms with Crippen molar-refractivity contribution in [2.75, 3.05) is 26.2 Å². The molecule has 0 saturated carbocycles. The molecule has 0 aliphatic carbocycles. The number of halogens is 2. The highest BCUT2D eigenvalue weighted by atomic mass is 35.5. The minimum atomic E-state index is 0.114. The smallest absolute Gasteiger partial charge is 0.185 e. The molecule has 118 valence electrons. The summed E-state index contributed by atoms with van der Waals surface area (Å²) in [7, 11) is 0. The van der Waals surface area contributed by atoms with Crippen molar-refractivity contribution in [3.05, 3.63) is 33.8 Å². The van der Waals surface area contributed by atoms with E-state index in [1.54, 1.807) is 0 Å². The number of nitrogens with two attached hydrogens (primary N) is 2. The molecule has 4 N–H and O–H groups in total. The SMILES string of the molecule is CCN(CC)CC[C@H](CN=C(N)N)c1ccc(Cl)c(Cl)c1. The number of hydrogen-bond donors (Lipinski definition) is 2. The number of nitrogens with zero attached hydrogens (tertiary/aromatic N) is 2. The predicted molar refractivity (Wildman–Crippen MR) is 92.3 cm³/mol. The minimum Gasteiger partial charge on any atom is -0.370 e. The van der Waals surface area contributed by atoms with E-state index in [2.05, 4.69) is 23.7 Å². The second-order valence-corrected chi connectivity index (χ2v) is 5.77. The second-order valence-electron chi connectivity index (χ2n) is 4.95. The molecule has 0 radical (unpaired) electrons. The summed E-state index contributed by atoms with van der Waals surface area (Å²) in [6.45, 7) is 7.95. The van der Waals surface area contributed by atoms with Crippen LogP contribution in [0.15, 0.2) is 23.2 Å². The normalized spacial score (nSPS) is 12.4. The molecule has 0 saturated heterocycles. The Balaban J connectivity index is 2.85. The first-order valence-corrected chi connectivity index (χ1v) is 7.96. The average molecular weight is 331 g/mol. The Bertz CT molecular complexity index is 469. The van der Waals surface area contributed by atoms with Crippen LogP contribution in [0.2, 0.25) is 10.0 Å². The maximum absolute atomic E-state index is 6.11. The van der Waals surface area contributed by atoms with Crippen molar-refractivity contribution < 1.29 is 0 Å². The van der Waals surface area contributed by atoms with E-state index in [-0.39, 0.29) is 11.9 Å². The van der Waals surface area contributed by atoms with Gasteiger partial charge in [0.15, 0.2) is 5.96 Å². The van der Waals surface area contributed by atoms with Crippen LogP contribution in [0, 0.1) is 0 Å². The first-order valence-electron chi connectivity index (χ1n) is 7.20. The number of guanidine groups is 1. The second kappa shape index (κ2) is 9.13. The third-order valence-corrected chi connectivity index (χ3v) is 4.34. The van der Waals surface area contributed by atoms with Crippen LogP contribution in [0.3, 0.4) is 0 Å². The standard InChI is InChI=1S/C15H24Cl2N4/c1-3-21(4-2)8-7-12(10-20-15(18)19)11-5-6-13(16)14(17)9-11/h5-6,9,12H,3-4,7-8,10H2,1-2H3,(H4,18,19,20)/t12-/m1/s1. The summed E-state index contributed by atoms with van der Waals surface area (Å²) >= 11 is 12.1. The zero-order chi connectivity index (χ0) is 15.8. The molecule has 1 aromatic rings. The molecule has 0 bridgehead atoms. The van der Waals surface area contributed by atoms with Gasteiger partial charge in [-0.1, -0.05) is 43.1 Å². The van der Waals surface area contributed by atoms with Gasteiger partial charge < -0.3 is 16.4 Å². The minimum absolute atomic E-state index is 0.114. The van der Waals surface area contributed by atoms with Gasteiger partial charge in [-0.05, 0) is 43.8 Å². The summed E-state index contributed by atoms with van der Waals surface area (Å²) in [5.74, 6) is 0.338. The van der Waals surface area contributed by atoms with Crippen molar-refractivity contribution in [2.45, 2.75) is 26.2 Å². The van der Waals surface area contributed by atoms with E-state index in [4.69, 9.17) is 34.7 Å². The van der Waals surface area contributed by atoms with E-state index < -0.39 is 0 Å². The van der Waals surface area contributed by atoms with Gasteiger partial charge in [0.2, 0.25) is 0 Å². The third kappa shape index (κ3) is 6.12. The highest BCUT2D eigenvalue weighted by Gasteiger charge is 2.14. The Hall–Kier alpha value is -0.970. The lowest BCUT2D eigenvalue weighted by Gasteiger charge is -2.22. The molecule has 0 spiro atoms.